The van der Waals surface area contributed by atoms with Crippen molar-refractivity contribution in [1.82, 2.24) is 10.3 Å². The van der Waals surface area contributed by atoms with E-state index in [0.717, 1.165) is 47.9 Å². The van der Waals surface area contributed by atoms with Gasteiger partial charge in [-0.2, -0.15) is 0 Å². The molecule has 49 heavy (non-hydrogen) atoms. The Kier molecular flexibility index (Phi) is 12.3. The van der Waals surface area contributed by atoms with E-state index in [9.17, 15) is 9.90 Å². The minimum absolute atomic E-state index is 0.0332. The number of carbonyl (C=O) groups is 2. The molecule has 5 N–H and O–H groups in total. The lowest BCUT2D eigenvalue weighted by Gasteiger charge is -2.34. The summed E-state index contributed by atoms with van der Waals surface area (Å²) < 4.78 is 43.3. The van der Waals surface area contributed by atoms with E-state index in [1.165, 1.54) is 18.2 Å². The number of allylic oxidation sites excluding steroid dienone is 1. The minimum atomic E-state index is -0.850. The number of benzene rings is 3. The molecule has 0 spiro atoms. The first-order valence-electron chi connectivity index (χ1n) is 16.2. The van der Waals surface area contributed by atoms with Crippen LogP contribution in [0.5, 0.6) is 11.5 Å². The van der Waals surface area contributed by atoms with Crippen molar-refractivity contribution in [1.29, 1.82) is 0 Å². The monoisotopic (exact) mass is 674 g/mol. The quantitative estimate of drug-likeness (QED) is 0.126. The number of carboxylic acid groups (broad SMARTS) is 1. The normalized spacial score (nSPS) is 18.9. The highest BCUT2D eigenvalue weighted by Crippen LogP contribution is 2.39. The lowest BCUT2D eigenvalue weighted by atomic mass is 9.74. The number of hydrogen-bond acceptors (Lipinski definition) is 6. The van der Waals surface area contributed by atoms with Crippen LogP contribution in [0.2, 0.25) is 0 Å². The second-order valence-corrected chi connectivity index (χ2v) is 12.9. The highest BCUT2D eigenvalue weighted by molar-refractivity contribution is 5.85. The summed E-state index contributed by atoms with van der Waals surface area (Å²) in [6.45, 7) is 10.1. The van der Waals surface area contributed by atoms with Gasteiger partial charge in [0.2, 0.25) is 6.41 Å². The Labute approximate surface area is 285 Å². The summed E-state index contributed by atoms with van der Waals surface area (Å²) in [5.41, 5.74) is 7.27. The van der Waals surface area contributed by atoms with Crippen molar-refractivity contribution >= 4 is 30.0 Å². The number of nitrogens with two attached hydrogens (primary N) is 1. The molecule has 1 aromatic heterocycles. The number of H-pyrrole nitrogens is 1. The Bertz CT molecular complexity index is 1820. The predicted molar refractivity (Wildman–Crippen MR) is 187 cm³/mol. The van der Waals surface area contributed by atoms with E-state index in [4.69, 9.17) is 14.3 Å². The second-order valence-electron chi connectivity index (χ2n) is 12.9. The lowest BCUT2D eigenvalue weighted by molar-refractivity contribution is -0.137. The first kappa shape index (κ1) is 36.8. The number of rotatable bonds is 5. The molecule has 9 nitrogen and oxygen atoms in total. The summed E-state index contributed by atoms with van der Waals surface area (Å²) >= 11 is 0. The average molecular weight is 675 g/mol. The summed E-state index contributed by atoms with van der Waals surface area (Å²) in [4.78, 5) is 27.0. The van der Waals surface area contributed by atoms with Gasteiger partial charge in [-0.25, -0.2) is 8.78 Å². The van der Waals surface area contributed by atoms with Crippen LogP contribution in [0, 0.1) is 11.6 Å². The molecule has 0 radical (unpaired) electrons. The van der Waals surface area contributed by atoms with Gasteiger partial charge >= 0.3 is 5.97 Å². The maximum Gasteiger partial charge on any atom is 0.303 e. The zero-order valence-electron chi connectivity index (χ0n) is 28.2. The van der Waals surface area contributed by atoms with E-state index in [1.54, 1.807) is 18.5 Å². The fourth-order valence-electron chi connectivity index (χ4n) is 6.13. The molecule has 0 saturated carbocycles. The van der Waals surface area contributed by atoms with E-state index < -0.39 is 28.6 Å². The van der Waals surface area contributed by atoms with Gasteiger partial charge in [-0.3, -0.25) is 14.6 Å². The van der Waals surface area contributed by atoms with Crippen LogP contribution in [0.4, 0.5) is 8.78 Å². The first-order valence-corrected chi connectivity index (χ1v) is 16.2. The second kappa shape index (κ2) is 16.4. The molecule has 2 heterocycles. The number of fused-ring (bicyclic) bond motifs is 5. The molecule has 2 bridgehead atoms. The van der Waals surface area contributed by atoms with Crippen LogP contribution in [-0.2, 0) is 39.3 Å². The van der Waals surface area contributed by atoms with E-state index >= 15 is 8.78 Å². The summed E-state index contributed by atoms with van der Waals surface area (Å²) in [6, 6.07) is 15.6. The number of nitrogens with zero attached hydrogens (tertiary/aromatic N) is 1. The van der Waals surface area contributed by atoms with Gasteiger partial charge in [0.25, 0.3) is 0 Å². The highest BCUT2D eigenvalue weighted by atomic mass is 19.1. The zero-order chi connectivity index (χ0) is 35.6. The molecule has 4 aromatic rings. The van der Waals surface area contributed by atoms with Gasteiger partial charge < -0.3 is 30.6 Å². The fourth-order valence-corrected chi connectivity index (χ4v) is 6.13. The number of aromatic amines is 1. The van der Waals surface area contributed by atoms with Crippen molar-refractivity contribution in [2.45, 2.75) is 83.5 Å². The third-order valence-electron chi connectivity index (χ3n) is 8.89. The molecule has 1 atom stereocenters. The van der Waals surface area contributed by atoms with Crippen LogP contribution >= 0.6 is 0 Å². The number of aliphatic imine (C=N–C) groups is 1. The third kappa shape index (κ3) is 9.32. The van der Waals surface area contributed by atoms with Crippen molar-refractivity contribution in [3.8, 4) is 11.5 Å². The number of aliphatic carboxylic acids is 1. The standard InChI is InChI=1S/C37H41F2N3O4.CH3NO/c1-36(2)15-5-6-16-37(3,26-9-7-8-24(18-26)10-13-34(43)44)33(22-40-4)42-21-25-19-27(11-12-30(25)38)46-35-29(23-45-36)28-14-17-41-32(28)20-31(35)39;2-1-3/h7-9,11-12,14,17-20,22,41-42H,4-6,10,13,15-16,21,23H2,1-3H3,(H,43,44);1H,(H2,2,3)/b33-22-;. The maximum atomic E-state index is 15.5. The number of ether oxygens (including phenoxy) is 2. The fraction of sp³-hybridized carbons (Fsp3) is 0.342. The number of hydrogen-bond donors (Lipinski definition) is 4. The molecule has 1 amide bonds. The molecule has 11 heteroatoms. The number of aryl methyl sites for hydroxylation is 1. The Hall–Kier alpha value is -5.03. The van der Waals surface area contributed by atoms with Gasteiger partial charge in [0.1, 0.15) is 11.6 Å². The summed E-state index contributed by atoms with van der Waals surface area (Å²) in [5, 5.41) is 13.5. The van der Waals surface area contributed by atoms with Crippen LogP contribution in [0.15, 0.2) is 77.7 Å². The number of aromatic nitrogens is 1. The average Bonchev–Trinajstić information content (AvgIpc) is 3.53. The molecular formula is C38H44F2N4O5. The topological polar surface area (TPSA) is 139 Å². The number of halogens is 2. The van der Waals surface area contributed by atoms with Crippen molar-refractivity contribution in [2.24, 2.45) is 10.7 Å². The third-order valence-corrected chi connectivity index (χ3v) is 8.89. The van der Waals surface area contributed by atoms with E-state index in [2.05, 4.69) is 34.7 Å². The molecule has 3 aromatic carbocycles. The van der Waals surface area contributed by atoms with Gasteiger partial charge in [0.15, 0.2) is 11.6 Å². The van der Waals surface area contributed by atoms with Gasteiger partial charge in [-0.05, 0) is 82.1 Å². The van der Waals surface area contributed by atoms with Gasteiger partial charge in [0.05, 0.1) is 12.2 Å². The van der Waals surface area contributed by atoms with Crippen molar-refractivity contribution in [3.05, 3.63) is 107 Å². The van der Waals surface area contributed by atoms with Crippen LogP contribution in [0.25, 0.3) is 10.9 Å². The maximum absolute atomic E-state index is 15.5. The number of primary amides is 1. The molecule has 0 aliphatic carbocycles. The van der Waals surface area contributed by atoms with Crippen LogP contribution in [-0.4, -0.2) is 34.8 Å². The highest BCUT2D eigenvalue weighted by Gasteiger charge is 2.32. The van der Waals surface area contributed by atoms with Gasteiger partial charge in [0, 0.05) is 64.6 Å². The molecule has 0 fully saturated rings. The lowest BCUT2D eigenvalue weighted by Crippen LogP contribution is -2.34. The number of carboxylic acids is 1. The Morgan fingerprint density at radius 1 is 1.08 bits per heavy atom. The molecule has 1 aliphatic rings. The van der Waals surface area contributed by atoms with Crippen molar-refractivity contribution in [2.75, 3.05) is 0 Å². The van der Waals surface area contributed by atoms with E-state index in [1.807, 2.05) is 44.2 Å². The molecule has 5 rings (SSSR count). The van der Waals surface area contributed by atoms with E-state index in [-0.39, 0.29) is 37.5 Å². The van der Waals surface area contributed by atoms with Crippen LogP contribution in [0.3, 0.4) is 0 Å². The Balaban J connectivity index is 0.00000174. The molecule has 1 aliphatic heterocycles. The molecular weight excluding hydrogens is 630 g/mol. The molecule has 260 valence electrons. The largest absolute Gasteiger partial charge is 0.481 e. The number of carbonyl (C=O) groups excluding carboxylic acids is 1. The number of amides is 1. The van der Waals surface area contributed by atoms with Gasteiger partial charge in [-0.15, -0.1) is 0 Å². The van der Waals surface area contributed by atoms with E-state index in [0.29, 0.717) is 23.1 Å². The first-order chi connectivity index (χ1) is 23.4. The van der Waals surface area contributed by atoms with Crippen molar-refractivity contribution < 1.29 is 33.0 Å². The SMILES string of the molecule is C=N/C=C1\NCc2cc(ccc2F)Oc2c(F)cc3[nH]ccc3c2COC(C)(C)CCCCC1(C)c1cccc(CCC(=O)O)c1.NC=O. The van der Waals surface area contributed by atoms with Crippen LogP contribution < -0.4 is 15.8 Å². The molecule has 0 saturated heterocycles. The Morgan fingerprint density at radius 3 is 2.57 bits per heavy atom. The summed E-state index contributed by atoms with van der Waals surface area (Å²) in [5.74, 6) is -1.50. The minimum Gasteiger partial charge on any atom is -0.481 e. The van der Waals surface area contributed by atoms with Crippen molar-refractivity contribution in [3.63, 3.8) is 0 Å². The molecule has 1 unspecified atom stereocenters. The smallest absolute Gasteiger partial charge is 0.303 e. The van der Waals surface area contributed by atoms with Crippen LogP contribution in [0.1, 0.15) is 75.1 Å². The summed E-state index contributed by atoms with van der Waals surface area (Å²) in [6.07, 6.45) is 7.26. The summed E-state index contributed by atoms with van der Waals surface area (Å²) in [7, 11) is 0. The Morgan fingerprint density at radius 2 is 1.84 bits per heavy atom. The zero-order valence-corrected chi connectivity index (χ0v) is 28.2. The van der Waals surface area contributed by atoms with Gasteiger partial charge in [-0.1, -0.05) is 37.1 Å². The number of nitrogens with one attached hydrogen (secondary N) is 2. The predicted octanol–water partition coefficient (Wildman–Crippen LogP) is 7.82.